The van der Waals surface area contributed by atoms with Gasteiger partial charge in [0.05, 0.1) is 23.8 Å². The first-order valence-electron chi connectivity index (χ1n) is 10.4. The van der Waals surface area contributed by atoms with Gasteiger partial charge in [-0.3, -0.25) is 24.7 Å². The summed E-state index contributed by atoms with van der Waals surface area (Å²) in [5, 5.41) is 2.77. The predicted octanol–water partition coefficient (Wildman–Crippen LogP) is 3.03. The number of nitrogens with one attached hydrogen (secondary N) is 1. The minimum absolute atomic E-state index is 0.0355. The number of hydrogen-bond donors (Lipinski definition) is 1. The fraction of sp³-hybridized carbons (Fsp3) is 0.364. The summed E-state index contributed by atoms with van der Waals surface area (Å²) in [5.41, 5.74) is 1.39. The number of amides is 1. The van der Waals surface area contributed by atoms with Crippen molar-refractivity contribution >= 4 is 23.0 Å². The van der Waals surface area contributed by atoms with Crippen molar-refractivity contribution in [2.24, 2.45) is 9.98 Å². The van der Waals surface area contributed by atoms with Crippen LogP contribution in [-0.2, 0) is 11.3 Å². The maximum Gasteiger partial charge on any atom is 0.432 e. The van der Waals surface area contributed by atoms with E-state index in [0.29, 0.717) is 29.2 Å². The van der Waals surface area contributed by atoms with Crippen LogP contribution in [-0.4, -0.2) is 55.7 Å². The molecule has 2 aromatic rings. The van der Waals surface area contributed by atoms with Crippen molar-refractivity contribution in [3.05, 3.63) is 60.2 Å². The Kier molecular flexibility index (Phi) is 6.21. The van der Waals surface area contributed by atoms with E-state index < -0.39 is 11.9 Å². The third kappa shape index (κ3) is 5.07. The average Bonchev–Trinajstić information content (AvgIpc) is 3.14. The minimum atomic E-state index is -4.50. The second kappa shape index (κ2) is 9.08. The van der Waals surface area contributed by atoms with Gasteiger partial charge in [0.25, 0.3) is 0 Å². The number of halogens is 3. The number of carbonyl (C=O) groups is 1. The number of rotatable bonds is 4. The molecule has 11 heteroatoms. The topological polar surface area (TPSA) is 97.4 Å². The molecule has 2 unspecified atom stereocenters. The highest BCUT2D eigenvalue weighted by atomic mass is 19.4. The first-order valence-corrected chi connectivity index (χ1v) is 10.4. The fourth-order valence-electron chi connectivity index (χ4n) is 3.79. The van der Waals surface area contributed by atoms with Gasteiger partial charge in [0, 0.05) is 36.7 Å². The molecule has 1 N–H and O–H groups in total. The molecule has 1 amide bonds. The first-order chi connectivity index (χ1) is 15.7. The van der Waals surface area contributed by atoms with Gasteiger partial charge < -0.3 is 9.88 Å². The van der Waals surface area contributed by atoms with Crippen molar-refractivity contribution < 1.29 is 18.0 Å². The molecule has 172 valence electrons. The number of carbonyl (C=O) groups excluding carboxylic acids is 1. The van der Waals surface area contributed by atoms with Crippen LogP contribution in [0.2, 0.25) is 0 Å². The van der Waals surface area contributed by atoms with E-state index in [9.17, 15) is 18.0 Å². The smallest absolute Gasteiger partial charge is 0.325 e. The van der Waals surface area contributed by atoms with Gasteiger partial charge in [0.15, 0.2) is 0 Å². The SMILES string of the molecule is Cc1c(C2=CC(C(F)(F)F)=NCC2)ncn1CC(=O)NC1=NC(C)C(c2cnccn2)C=C1. The van der Waals surface area contributed by atoms with Crippen LogP contribution in [0.5, 0.6) is 0 Å². The van der Waals surface area contributed by atoms with Crippen LogP contribution in [0, 0.1) is 6.92 Å². The molecule has 2 aliphatic rings. The Bertz CT molecular complexity index is 1160. The number of imidazole rings is 1. The number of aliphatic imine (C=N–C) groups is 2. The normalized spacial score (nSPS) is 20.7. The molecule has 4 rings (SSSR count). The Balaban J connectivity index is 1.41. The average molecular weight is 457 g/mol. The molecule has 0 radical (unpaired) electrons. The van der Waals surface area contributed by atoms with Crippen LogP contribution < -0.4 is 5.32 Å². The van der Waals surface area contributed by atoms with E-state index in [1.54, 1.807) is 36.2 Å². The van der Waals surface area contributed by atoms with Gasteiger partial charge in [0.2, 0.25) is 5.91 Å². The zero-order chi connectivity index (χ0) is 23.6. The monoisotopic (exact) mass is 457 g/mol. The summed E-state index contributed by atoms with van der Waals surface area (Å²) < 4.78 is 40.6. The van der Waals surface area contributed by atoms with Crippen molar-refractivity contribution in [3.63, 3.8) is 0 Å². The molecular formula is C22H22F3N7O. The lowest BCUT2D eigenvalue weighted by molar-refractivity contribution is -0.120. The van der Waals surface area contributed by atoms with Crippen molar-refractivity contribution in [1.29, 1.82) is 0 Å². The summed E-state index contributed by atoms with van der Waals surface area (Å²) in [5.74, 6) is 0.0871. The molecule has 0 fully saturated rings. The van der Waals surface area contributed by atoms with Gasteiger partial charge in [-0.05, 0) is 38.0 Å². The van der Waals surface area contributed by atoms with Gasteiger partial charge in [0.1, 0.15) is 18.1 Å². The van der Waals surface area contributed by atoms with E-state index in [-0.39, 0.29) is 31.0 Å². The molecule has 8 nitrogen and oxygen atoms in total. The van der Waals surface area contributed by atoms with E-state index in [2.05, 4.69) is 30.3 Å². The summed E-state index contributed by atoms with van der Waals surface area (Å²) in [4.78, 5) is 33.3. The molecule has 0 bridgehead atoms. The molecule has 0 saturated heterocycles. The standard InChI is InChI=1S/C22H22F3N7O/c1-13-16(17-10-26-7-8-27-17)3-4-19(30-13)31-20(33)11-32-12-29-21(14(32)2)15-5-6-28-18(9-15)22(23,24)25/h3-4,7-10,12-13,16H,5-6,11H2,1-2H3,(H,30,31,33). The molecule has 4 heterocycles. The van der Waals surface area contributed by atoms with Crippen LogP contribution >= 0.6 is 0 Å². The molecule has 33 heavy (non-hydrogen) atoms. The van der Waals surface area contributed by atoms with Gasteiger partial charge in [-0.25, -0.2) is 4.98 Å². The Morgan fingerprint density at radius 1 is 1.27 bits per heavy atom. The highest BCUT2D eigenvalue weighted by molar-refractivity contribution is 6.06. The highest BCUT2D eigenvalue weighted by Gasteiger charge is 2.35. The van der Waals surface area contributed by atoms with Gasteiger partial charge in [-0.1, -0.05) is 6.08 Å². The number of alkyl halides is 3. The summed E-state index contributed by atoms with van der Waals surface area (Å²) in [6, 6.07) is -0.133. The third-order valence-electron chi connectivity index (χ3n) is 5.50. The van der Waals surface area contributed by atoms with Crippen molar-refractivity contribution in [1.82, 2.24) is 24.8 Å². The zero-order valence-corrected chi connectivity index (χ0v) is 18.0. The third-order valence-corrected chi connectivity index (χ3v) is 5.50. The van der Waals surface area contributed by atoms with Crippen LogP contribution in [0.25, 0.3) is 5.57 Å². The summed E-state index contributed by atoms with van der Waals surface area (Å²) >= 11 is 0. The maximum absolute atomic E-state index is 13.0. The van der Waals surface area contributed by atoms with Crippen LogP contribution in [0.3, 0.4) is 0 Å². The Morgan fingerprint density at radius 2 is 2.09 bits per heavy atom. The first kappa shape index (κ1) is 22.6. The van der Waals surface area contributed by atoms with E-state index >= 15 is 0 Å². The minimum Gasteiger partial charge on any atom is -0.325 e. The highest BCUT2D eigenvalue weighted by Crippen LogP contribution is 2.28. The van der Waals surface area contributed by atoms with Crippen molar-refractivity contribution in [3.8, 4) is 0 Å². The van der Waals surface area contributed by atoms with E-state index in [1.807, 2.05) is 13.0 Å². The van der Waals surface area contributed by atoms with E-state index in [1.165, 1.54) is 6.33 Å². The largest absolute Gasteiger partial charge is 0.432 e. The molecule has 0 aliphatic carbocycles. The molecule has 2 aromatic heterocycles. The molecule has 0 spiro atoms. The van der Waals surface area contributed by atoms with Gasteiger partial charge >= 0.3 is 6.18 Å². The van der Waals surface area contributed by atoms with Crippen LogP contribution in [0.4, 0.5) is 13.2 Å². The lowest BCUT2D eigenvalue weighted by atomic mass is 9.95. The van der Waals surface area contributed by atoms with Crippen molar-refractivity contribution in [2.45, 2.75) is 44.9 Å². The van der Waals surface area contributed by atoms with Gasteiger partial charge in [-0.15, -0.1) is 0 Å². The quantitative estimate of drug-likeness (QED) is 0.763. The molecule has 0 aromatic carbocycles. The van der Waals surface area contributed by atoms with Crippen molar-refractivity contribution in [2.75, 3.05) is 6.54 Å². The summed E-state index contributed by atoms with van der Waals surface area (Å²) in [7, 11) is 0. The second-order valence-corrected chi connectivity index (χ2v) is 7.81. The number of hydrogen-bond acceptors (Lipinski definition) is 6. The van der Waals surface area contributed by atoms with Gasteiger partial charge in [-0.2, -0.15) is 13.2 Å². The Hall–Kier alpha value is -3.63. The van der Waals surface area contributed by atoms with E-state index in [4.69, 9.17) is 0 Å². The molecule has 2 aliphatic heterocycles. The zero-order valence-electron chi connectivity index (χ0n) is 18.0. The molecule has 2 atom stereocenters. The fourth-order valence-corrected chi connectivity index (χ4v) is 3.79. The lowest BCUT2D eigenvalue weighted by Crippen LogP contribution is -2.35. The van der Waals surface area contributed by atoms with E-state index in [0.717, 1.165) is 11.8 Å². The van der Waals surface area contributed by atoms with Crippen LogP contribution in [0.1, 0.15) is 36.3 Å². The summed E-state index contributed by atoms with van der Waals surface area (Å²) in [6.45, 7) is 3.66. The maximum atomic E-state index is 13.0. The lowest BCUT2D eigenvalue weighted by Gasteiger charge is -2.21. The predicted molar refractivity (Wildman–Crippen MR) is 117 cm³/mol. The number of allylic oxidation sites excluding steroid dienone is 1. The number of nitrogens with zero attached hydrogens (tertiary/aromatic N) is 6. The Morgan fingerprint density at radius 3 is 2.79 bits per heavy atom. The number of aromatic nitrogens is 4. The number of dihydropyridines is 2. The summed E-state index contributed by atoms with van der Waals surface area (Å²) in [6.07, 6.45) is 6.91. The molecular weight excluding hydrogens is 435 g/mol. The molecule has 0 saturated carbocycles. The Labute approximate surface area is 188 Å². The number of amidine groups is 1. The van der Waals surface area contributed by atoms with Crippen LogP contribution in [0.15, 0.2) is 53.1 Å². The second-order valence-electron chi connectivity index (χ2n) is 7.81.